The van der Waals surface area contributed by atoms with Gasteiger partial charge in [-0.05, 0) is 25.5 Å². The van der Waals surface area contributed by atoms with Crippen molar-refractivity contribution in [1.82, 2.24) is 0 Å². The van der Waals surface area contributed by atoms with Crippen molar-refractivity contribution in [3.05, 3.63) is 23.8 Å². The van der Waals surface area contributed by atoms with Gasteiger partial charge in [-0.2, -0.15) is 0 Å². The molecule has 0 aliphatic carbocycles. The first kappa shape index (κ1) is 12.6. The fourth-order valence-electron chi connectivity index (χ4n) is 1.51. The van der Waals surface area contributed by atoms with Crippen LogP contribution in [0, 0.1) is 0 Å². The van der Waals surface area contributed by atoms with Gasteiger partial charge in [-0.25, -0.2) is 0 Å². The molecule has 0 bridgehead atoms. The second-order valence-corrected chi connectivity index (χ2v) is 3.60. The maximum absolute atomic E-state index is 11.2. The van der Waals surface area contributed by atoms with Crippen molar-refractivity contribution in [2.45, 2.75) is 19.8 Å². The van der Waals surface area contributed by atoms with Crippen LogP contribution < -0.4 is 10.2 Å². The minimum absolute atomic E-state index is 0.148. The monoisotopic (exact) mass is 220 g/mol. The molecule has 0 aliphatic heterocycles. The molecule has 1 aromatic rings. The molecule has 0 heterocycles. The Morgan fingerprint density at radius 3 is 2.81 bits per heavy atom. The van der Waals surface area contributed by atoms with Crippen molar-refractivity contribution in [3.8, 4) is 5.75 Å². The van der Waals surface area contributed by atoms with Gasteiger partial charge < -0.3 is 9.47 Å². The molecule has 0 saturated carbocycles. The lowest BCUT2D eigenvalue weighted by atomic mass is 9.88. The number of esters is 1. The van der Waals surface area contributed by atoms with Crippen LogP contribution in [0.4, 0.5) is 0 Å². The second kappa shape index (κ2) is 6.21. The number of carbonyl (C=O) groups excluding carboxylic acids is 1. The average molecular weight is 220 g/mol. The molecule has 0 spiro atoms. The number of aryl methyl sites for hydroxylation is 1. The van der Waals surface area contributed by atoms with Crippen LogP contribution in [0.15, 0.2) is 18.2 Å². The molecule has 1 rings (SSSR count). The first-order valence-electron chi connectivity index (χ1n) is 5.46. The number of methoxy groups -OCH3 is 1. The van der Waals surface area contributed by atoms with Gasteiger partial charge in [0.1, 0.15) is 13.6 Å². The fraction of sp³-hybridized carbons (Fsp3) is 0.417. The smallest absolute Gasteiger partial charge is 0.306 e. The zero-order valence-corrected chi connectivity index (χ0v) is 10.1. The van der Waals surface area contributed by atoms with Gasteiger partial charge in [0, 0.05) is 6.42 Å². The Bertz CT molecular complexity index is 363. The highest BCUT2D eigenvalue weighted by atomic mass is 16.5. The van der Waals surface area contributed by atoms with E-state index in [1.807, 2.05) is 33.0 Å². The van der Waals surface area contributed by atoms with E-state index in [1.165, 1.54) is 5.46 Å². The van der Waals surface area contributed by atoms with E-state index < -0.39 is 0 Å². The molecule has 0 saturated heterocycles. The minimum atomic E-state index is -0.148. The largest absolute Gasteiger partial charge is 0.497 e. The molecule has 3 nitrogen and oxygen atoms in total. The van der Waals surface area contributed by atoms with Gasteiger partial charge in [-0.3, -0.25) is 4.79 Å². The summed E-state index contributed by atoms with van der Waals surface area (Å²) in [7, 11) is 3.67. The van der Waals surface area contributed by atoms with Gasteiger partial charge in [-0.1, -0.05) is 17.1 Å². The molecule has 16 heavy (non-hydrogen) atoms. The predicted octanol–water partition coefficient (Wildman–Crippen LogP) is 0.449. The van der Waals surface area contributed by atoms with Crippen LogP contribution in [0.2, 0.25) is 0 Å². The number of hydrogen-bond acceptors (Lipinski definition) is 3. The minimum Gasteiger partial charge on any atom is -0.497 e. The van der Waals surface area contributed by atoms with Crippen LogP contribution in [-0.4, -0.2) is 27.5 Å². The topological polar surface area (TPSA) is 35.5 Å². The summed E-state index contributed by atoms with van der Waals surface area (Å²) in [6, 6.07) is 5.89. The van der Waals surface area contributed by atoms with Crippen LogP contribution in [-0.2, 0) is 16.0 Å². The highest BCUT2D eigenvalue weighted by molar-refractivity contribution is 6.33. The molecule has 0 radical (unpaired) electrons. The number of rotatable bonds is 5. The predicted molar refractivity (Wildman–Crippen MR) is 66.1 cm³/mol. The molecular weight excluding hydrogens is 203 g/mol. The summed E-state index contributed by atoms with van der Waals surface area (Å²) < 4.78 is 10.0. The zero-order chi connectivity index (χ0) is 12.0. The lowest BCUT2D eigenvalue weighted by Crippen LogP contribution is -2.13. The molecule has 0 atom stereocenters. The van der Waals surface area contributed by atoms with Crippen molar-refractivity contribution in [2.75, 3.05) is 13.7 Å². The second-order valence-electron chi connectivity index (χ2n) is 3.60. The molecule has 0 aliphatic rings. The third-order valence-corrected chi connectivity index (χ3v) is 2.46. The summed E-state index contributed by atoms with van der Waals surface area (Å²) in [5.74, 6) is 0.675. The highest BCUT2D eigenvalue weighted by Crippen LogP contribution is 2.12. The number of ether oxygens (including phenoxy) is 2. The van der Waals surface area contributed by atoms with Gasteiger partial charge in [0.25, 0.3) is 0 Å². The van der Waals surface area contributed by atoms with Crippen LogP contribution >= 0.6 is 0 Å². The molecule has 0 aromatic heterocycles. The van der Waals surface area contributed by atoms with Gasteiger partial charge in [0.05, 0.1) is 13.7 Å². The summed E-state index contributed by atoms with van der Waals surface area (Å²) >= 11 is 0. The van der Waals surface area contributed by atoms with E-state index in [1.54, 1.807) is 7.11 Å². The Morgan fingerprint density at radius 2 is 2.19 bits per heavy atom. The average Bonchev–Trinajstić information content (AvgIpc) is 2.28. The third-order valence-electron chi connectivity index (χ3n) is 2.46. The molecule has 4 heteroatoms. The molecule has 1 aromatic carbocycles. The molecular formula is C12H17BO3. The van der Waals surface area contributed by atoms with Crippen molar-refractivity contribution in [3.63, 3.8) is 0 Å². The SMILES string of the molecule is Bc1ccc(OC)cc1CCC(=O)OCC. The van der Waals surface area contributed by atoms with Gasteiger partial charge >= 0.3 is 5.97 Å². The van der Waals surface area contributed by atoms with E-state index in [-0.39, 0.29) is 5.97 Å². The lowest BCUT2D eigenvalue weighted by Gasteiger charge is -2.08. The van der Waals surface area contributed by atoms with E-state index in [2.05, 4.69) is 0 Å². The Morgan fingerprint density at radius 1 is 1.44 bits per heavy atom. The van der Waals surface area contributed by atoms with Crippen LogP contribution in [0.5, 0.6) is 5.75 Å². The Kier molecular flexibility index (Phi) is 4.90. The van der Waals surface area contributed by atoms with Crippen molar-refractivity contribution in [2.24, 2.45) is 0 Å². The van der Waals surface area contributed by atoms with Crippen molar-refractivity contribution in [1.29, 1.82) is 0 Å². The summed E-state index contributed by atoms with van der Waals surface area (Å²) in [6.07, 6.45) is 1.11. The first-order valence-corrected chi connectivity index (χ1v) is 5.46. The number of carbonyl (C=O) groups is 1. The first-order chi connectivity index (χ1) is 7.67. The molecule has 86 valence electrons. The van der Waals surface area contributed by atoms with Crippen LogP contribution in [0.3, 0.4) is 0 Å². The quantitative estimate of drug-likeness (QED) is 0.533. The van der Waals surface area contributed by atoms with E-state index in [0.29, 0.717) is 19.4 Å². The maximum Gasteiger partial charge on any atom is 0.306 e. The Balaban J connectivity index is 2.62. The Hall–Kier alpha value is -1.45. The molecule has 0 N–H and O–H groups in total. The van der Waals surface area contributed by atoms with Crippen molar-refractivity contribution >= 4 is 19.3 Å². The summed E-state index contributed by atoms with van der Waals surface area (Å²) in [5.41, 5.74) is 2.30. The van der Waals surface area contributed by atoms with E-state index in [9.17, 15) is 4.79 Å². The number of hydrogen-bond donors (Lipinski definition) is 0. The van der Waals surface area contributed by atoms with Crippen LogP contribution in [0.25, 0.3) is 0 Å². The van der Waals surface area contributed by atoms with Gasteiger partial charge in [0.15, 0.2) is 0 Å². The highest BCUT2D eigenvalue weighted by Gasteiger charge is 2.05. The Labute approximate surface area is 97.2 Å². The van der Waals surface area contributed by atoms with E-state index in [4.69, 9.17) is 9.47 Å². The third kappa shape index (κ3) is 3.61. The van der Waals surface area contributed by atoms with E-state index >= 15 is 0 Å². The normalized spacial score (nSPS) is 9.88. The fourth-order valence-corrected chi connectivity index (χ4v) is 1.51. The maximum atomic E-state index is 11.2. The summed E-state index contributed by atoms with van der Waals surface area (Å²) in [5, 5.41) is 0. The number of benzene rings is 1. The standard InChI is InChI=1S/C12H17BO3/c1-3-16-12(14)7-4-9-8-10(15-2)5-6-11(9)13/h5-6,8H,3-4,7,13H2,1-2H3. The molecule has 0 unspecified atom stereocenters. The van der Waals surface area contributed by atoms with Gasteiger partial charge in [0.2, 0.25) is 0 Å². The molecule has 0 amide bonds. The lowest BCUT2D eigenvalue weighted by molar-refractivity contribution is -0.143. The van der Waals surface area contributed by atoms with Gasteiger partial charge in [-0.15, -0.1) is 0 Å². The zero-order valence-electron chi connectivity index (χ0n) is 10.1. The van der Waals surface area contributed by atoms with Crippen molar-refractivity contribution < 1.29 is 14.3 Å². The summed E-state index contributed by atoms with van der Waals surface area (Å²) in [6.45, 7) is 2.25. The van der Waals surface area contributed by atoms with E-state index in [0.717, 1.165) is 11.3 Å². The summed E-state index contributed by atoms with van der Waals surface area (Å²) in [4.78, 5) is 11.2. The van der Waals surface area contributed by atoms with Crippen LogP contribution in [0.1, 0.15) is 18.9 Å². The molecule has 0 fully saturated rings.